The maximum absolute atomic E-state index is 11.2. The summed E-state index contributed by atoms with van der Waals surface area (Å²) in [7, 11) is 0. The molecule has 1 N–H and O–H groups in total. The van der Waals surface area contributed by atoms with Crippen LogP contribution in [0.4, 0.5) is 5.69 Å². The largest absolute Gasteiger partial charge is 0.477 e. The lowest BCUT2D eigenvalue weighted by Gasteiger charge is -2.07. The van der Waals surface area contributed by atoms with Gasteiger partial charge in [-0.15, -0.1) is 0 Å². The third kappa shape index (κ3) is 2.91. The zero-order valence-electron chi connectivity index (χ0n) is 9.82. The van der Waals surface area contributed by atoms with Gasteiger partial charge in [0.2, 0.25) is 5.88 Å². The van der Waals surface area contributed by atoms with Crippen LogP contribution < -0.4 is 4.74 Å². The lowest BCUT2D eigenvalue weighted by atomic mass is 10.1. The van der Waals surface area contributed by atoms with E-state index in [-0.39, 0.29) is 11.6 Å². The molecule has 1 aromatic heterocycles. The number of carboxylic acid groups (broad SMARTS) is 1. The molecule has 0 saturated carbocycles. The lowest BCUT2D eigenvalue weighted by Crippen LogP contribution is -2.05. The second kappa shape index (κ2) is 5.66. The molecular formula is C12H7BrN2O5. The van der Waals surface area contributed by atoms with Gasteiger partial charge in [-0.1, -0.05) is 6.07 Å². The van der Waals surface area contributed by atoms with Gasteiger partial charge < -0.3 is 9.84 Å². The summed E-state index contributed by atoms with van der Waals surface area (Å²) in [5.74, 6) is -1.44. The highest BCUT2D eigenvalue weighted by atomic mass is 79.9. The van der Waals surface area contributed by atoms with E-state index in [9.17, 15) is 14.9 Å². The molecule has 0 aliphatic carbocycles. The molecular weight excluding hydrogens is 332 g/mol. The van der Waals surface area contributed by atoms with Gasteiger partial charge in [0.25, 0.3) is 5.69 Å². The Hall–Kier alpha value is -2.48. The lowest BCUT2D eigenvalue weighted by molar-refractivity contribution is -0.385. The van der Waals surface area contributed by atoms with Crippen LogP contribution in [0.5, 0.6) is 11.6 Å². The molecule has 0 bridgehead atoms. The predicted molar refractivity (Wildman–Crippen MR) is 72.1 cm³/mol. The van der Waals surface area contributed by atoms with Crippen LogP contribution >= 0.6 is 15.9 Å². The van der Waals surface area contributed by atoms with E-state index < -0.39 is 22.1 Å². The summed E-state index contributed by atoms with van der Waals surface area (Å²) in [6.45, 7) is 0. The van der Waals surface area contributed by atoms with Gasteiger partial charge in [0.1, 0.15) is 0 Å². The minimum absolute atomic E-state index is 0.135. The number of halogens is 1. The third-order valence-corrected chi connectivity index (χ3v) is 2.80. The van der Waals surface area contributed by atoms with E-state index in [1.165, 1.54) is 24.4 Å². The van der Waals surface area contributed by atoms with Crippen molar-refractivity contribution in [3.05, 3.63) is 56.7 Å². The van der Waals surface area contributed by atoms with Crippen molar-refractivity contribution in [2.45, 2.75) is 0 Å². The number of carbonyl (C=O) groups is 1. The summed E-state index contributed by atoms with van der Waals surface area (Å²) in [6.07, 6.45) is 1.47. The fourth-order valence-electron chi connectivity index (χ4n) is 1.51. The maximum Gasteiger partial charge on any atom is 0.346 e. The number of aromatic carboxylic acids is 1. The minimum Gasteiger partial charge on any atom is -0.477 e. The standard InChI is InChI=1S/C12H7BrN2O5/c13-7-4-5-10(14-6-7)20-9-3-1-2-8(15(18)19)11(9)12(16)17/h1-6H,(H,16,17). The Bertz CT molecular complexity index is 672. The van der Waals surface area contributed by atoms with E-state index in [1.54, 1.807) is 6.07 Å². The number of hydrogen-bond donors (Lipinski definition) is 1. The molecule has 0 spiro atoms. The van der Waals surface area contributed by atoms with Crippen LogP contribution in [0.2, 0.25) is 0 Å². The van der Waals surface area contributed by atoms with E-state index in [1.807, 2.05) is 0 Å². The van der Waals surface area contributed by atoms with E-state index >= 15 is 0 Å². The first-order valence-corrected chi connectivity index (χ1v) is 6.08. The molecule has 0 unspecified atom stereocenters. The monoisotopic (exact) mass is 338 g/mol. The molecule has 7 nitrogen and oxygen atoms in total. The number of carboxylic acids is 1. The van der Waals surface area contributed by atoms with E-state index in [0.29, 0.717) is 0 Å². The van der Waals surface area contributed by atoms with Gasteiger partial charge >= 0.3 is 5.97 Å². The number of nitro groups is 1. The van der Waals surface area contributed by atoms with E-state index in [2.05, 4.69) is 20.9 Å². The summed E-state index contributed by atoms with van der Waals surface area (Å²) >= 11 is 3.20. The Balaban J connectivity index is 2.46. The number of nitro benzene ring substituents is 1. The SMILES string of the molecule is O=C(O)c1c(Oc2ccc(Br)cn2)cccc1[N+](=O)[O-]. The fraction of sp³-hybridized carbons (Fsp3) is 0. The topological polar surface area (TPSA) is 103 Å². The maximum atomic E-state index is 11.2. The molecule has 0 fully saturated rings. The Morgan fingerprint density at radius 1 is 1.35 bits per heavy atom. The molecule has 8 heteroatoms. The molecule has 2 aromatic rings. The molecule has 102 valence electrons. The number of aromatic nitrogens is 1. The quantitative estimate of drug-likeness (QED) is 0.678. The van der Waals surface area contributed by atoms with Gasteiger partial charge in [-0.2, -0.15) is 0 Å². The van der Waals surface area contributed by atoms with Gasteiger partial charge in [0.15, 0.2) is 11.3 Å². The number of rotatable bonds is 4. The Morgan fingerprint density at radius 2 is 2.10 bits per heavy atom. The zero-order chi connectivity index (χ0) is 14.7. The molecule has 0 atom stereocenters. The Labute approximate surface area is 121 Å². The van der Waals surface area contributed by atoms with Crippen molar-refractivity contribution < 1.29 is 19.6 Å². The van der Waals surface area contributed by atoms with Crippen LogP contribution in [-0.2, 0) is 0 Å². The summed E-state index contributed by atoms with van der Waals surface area (Å²) in [5, 5.41) is 19.9. The van der Waals surface area contributed by atoms with Gasteiger partial charge in [0, 0.05) is 22.8 Å². The first kappa shape index (κ1) is 13.9. The highest BCUT2D eigenvalue weighted by molar-refractivity contribution is 9.10. The van der Waals surface area contributed by atoms with Crippen molar-refractivity contribution in [3.63, 3.8) is 0 Å². The van der Waals surface area contributed by atoms with Crippen molar-refractivity contribution in [2.24, 2.45) is 0 Å². The van der Waals surface area contributed by atoms with Crippen molar-refractivity contribution >= 4 is 27.6 Å². The second-order valence-electron chi connectivity index (χ2n) is 3.63. The summed E-state index contributed by atoms with van der Waals surface area (Å²) in [6, 6.07) is 6.94. The molecule has 0 aliphatic rings. The molecule has 2 rings (SSSR count). The highest BCUT2D eigenvalue weighted by Crippen LogP contribution is 2.31. The van der Waals surface area contributed by atoms with Crippen LogP contribution in [0.25, 0.3) is 0 Å². The van der Waals surface area contributed by atoms with E-state index in [0.717, 1.165) is 10.5 Å². The molecule has 20 heavy (non-hydrogen) atoms. The van der Waals surface area contributed by atoms with Crippen LogP contribution in [0.3, 0.4) is 0 Å². The smallest absolute Gasteiger partial charge is 0.346 e. The van der Waals surface area contributed by atoms with Crippen LogP contribution in [0.1, 0.15) is 10.4 Å². The number of hydrogen-bond acceptors (Lipinski definition) is 5. The zero-order valence-corrected chi connectivity index (χ0v) is 11.4. The van der Waals surface area contributed by atoms with Crippen LogP contribution in [0.15, 0.2) is 41.0 Å². The Morgan fingerprint density at radius 3 is 2.65 bits per heavy atom. The van der Waals surface area contributed by atoms with E-state index in [4.69, 9.17) is 9.84 Å². The van der Waals surface area contributed by atoms with Gasteiger partial charge in [-0.25, -0.2) is 9.78 Å². The van der Waals surface area contributed by atoms with Crippen LogP contribution in [-0.4, -0.2) is 21.0 Å². The van der Waals surface area contributed by atoms with Crippen molar-refractivity contribution in [1.82, 2.24) is 4.98 Å². The molecule has 0 saturated heterocycles. The molecule has 0 aliphatic heterocycles. The fourth-order valence-corrected chi connectivity index (χ4v) is 1.74. The summed E-state index contributed by atoms with van der Waals surface area (Å²) < 4.78 is 6.02. The summed E-state index contributed by atoms with van der Waals surface area (Å²) in [5.41, 5.74) is -1.05. The van der Waals surface area contributed by atoms with Gasteiger partial charge in [0.05, 0.1) is 4.92 Å². The minimum atomic E-state index is -1.44. The highest BCUT2D eigenvalue weighted by Gasteiger charge is 2.25. The molecule has 1 aromatic carbocycles. The molecule has 0 radical (unpaired) electrons. The van der Waals surface area contributed by atoms with Crippen molar-refractivity contribution in [2.75, 3.05) is 0 Å². The Kier molecular flexibility index (Phi) is 3.94. The molecule has 1 heterocycles. The number of ether oxygens (including phenoxy) is 1. The average molecular weight is 339 g/mol. The first-order chi connectivity index (χ1) is 9.49. The van der Waals surface area contributed by atoms with Crippen molar-refractivity contribution in [1.29, 1.82) is 0 Å². The molecule has 0 amide bonds. The van der Waals surface area contributed by atoms with Gasteiger partial charge in [-0.05, 0) is 28.1 Å². The average Bonchev–Trinajstić information content (AvgIpc) is 2.40. The normalized spacial score (nSPS) is 10.1. The predicted octanol–water partition coefficient (Wildman–Crippen LogP) is 3.24. The summed E-state index contributed by atoms with van der Waals surface area (Å²) in [4.78, 5) is 25.2. The van der Waals surface area contributed by atoms with Gasteiger partial charge in [-0.3, -0.25) is 10.1 Å². The second-order valence-corrected chi connectivity index (χ2v) is 4.54. The number of benzene rings is 1. The third-order valence-electron chi connectivity index (χ3n) is 2.33. The first-order valence-electron chi connectivity index (χ1n) is 5.29. The number of nitrogens with zero attached hydrogens (tertiary/aromatic N) is 2. The van der Waals surface area contributed by atoms with Crippen LogP contribution in [0, 0.1) is 10.1 Å². The number of pyridine rings is 1. The van der Waals surface area contributed by atoms with Crippen molar-refractivity contribution in [3.8, 4) is 11.6 Å².